The van der Waals surface area contributed by atoms with Gasteiger partial charge in [0.1, 0.15) is 18.0 Å². The largest absolute Gasteiger partial charge is 0.369 e. The lowest BCUT2D eigenvalue weighted by Crippen LogP contribution is -2.26. The molecule has 0 atom stereocenters. The number of nitrogens with one attached hydrogen (secondary N) is 3. The quantitative estimate of drug-likeness (QED) is 0.782. The van der Waals surface area contributed by atoms with Gasteiger partial charge in [0, 0.05) is 30.8 Å². The number of benzene rings is 1. The fourth-order valence-corrected chi connectivity index (χ4v) is 2.71. The van der Waals surface area contributed by atoms with Crippen molar-refractivity contribution in [2.45, 2.75) is 26.3 Å². The summed E-state index contributed by atoms with van der Waals surface area (Å²) in [5.74, 6) is 0.365. The summed E-state index contributed by atoms with van der Waals surface area (Å²) >= 11 is 0. The SMILES string of the molecule is Cc1cc(F)ccc1NC(=O)CCNc1ncnc2c1CCNC2. The predicted octanol–water partition coefficient (Wildman–Crippen LogP) is 2.01. The van der Waals surface area contributed by atoms with Gasteiger partial charge in [-0.15, -0.1) is 0 Å². The van der Waals surface area contributed by atoms with Gasteiger partial charge in [0.25, 0.3) is 0 Å². The lowest BCUT2D eigenvalue weighted by Gasteiger charge is -2.19. The van der Waals surface area contributed by atoms with Crippen molar-refractivity contribution in [1.82, 2.24) is 15.3 Å². The fraction of sp³-hybridized carbons (Fsp3) is 0.353. The van der Waals surface area contributed by atoms with Gasteiger partial charge in [-0.3, -0.25) is 4.79 Å². The second-order valence-corrected chi connectivity index (χ2v) is 5.76. The van der Waals surface area contributed by atoms with Gasteiger partial charge in [-0.25, -0.2) is 14.4 Å². The molecule has 1 aliphatic rings. The van der Waals surface area contributed by atoms with E-state index < -0.39 is 0 Å². The smallest absolute Gasteiger partial charge is 0.226 e. The summed E-state index contributed by atoms with van der Waals surface area (Å²) < 4.78 is 13.1. The van der Waals surface area contributed by atoms with Crippen molar-refractivity contribution in [3.63, 3.8) is 0 Å². The summed E-state index contributed by atoms with van der Waals surface area (Å²) in [4.78, 5) is 20.6. The van der Waals surface area contributed by atoms with Crippen molar-refractivity contribution in [2.75, 3.05) is 23.7 Å². The third-order valence-corrected chi connectivity index (χ3v) is 3.99. The molecule has 0 spiro atoms. The Kier molecular flexibility index (Phi) is 5.00. The van der Waals surface area contributed by atoms with Crippen LogP contribution in [-0.4, -0.2) is 29.0 Å². The summed E-state index contributed by atoms with van der Waals surface area (Å²) in [5, 5.41) is 9.28. The molecule has 0 aliphatic carbocycles. The minimum Gasteiger partial charge on any atom is -0.369 e. The first-order chi connectivity index (χ1) is 11.6. The van der Waals surface area contributed by atoms with Crippen LogP contribution in [0.2, 0.25) is 0 Å². The number of aryl methyl sites for hydroxylation is 1. The highest BCUT2D eigenvalue weighted by atomic mass is 19.1. The van der Waals surface area contributed by atoms with E-state index in [4.69, 9.17) is 0 Å². The zero-order valence-corrected chi connectivity index (χ0v) is 13.5. The second-order valence-electron chi connectivity index (χ2n) is 5.76. The first kappa shape index (κ1) is 16.3. The molecule has 0 unspecified atom stereocenters. The number of hydrogen-bond acceptors (Lipinski definition) is 5. The molecule has 3 N–H and O–H groups in total. The summed E-state index contributed by atoms with van der Waals surface area (Å²) in [6.07, 6.45) is 2.71. The zero-order chi connectivity index (χ0) is 16.9. The molecule has 0 bridgehead atoms. The van der Waals surface area contributed by atoms with E-state index in [2.05, 4.69) is 25.9 Å². The zero-order valence-electron chi connectivity index (χ0n) is 13.5. The van der Waals surface area contributed by atoms with Crippen LogP contribution in [0.25, 0.3) is 0 Å². The highest BCUT2D eigenvalue weighted by Crippen LogP contribution is 2.19. The van der Waals surface area contributed by atoms with E-state index in [1.54, 1.807) is 13.0 Å². The van der Waals surface area contributed by atoms with Crippen LogP contribution in [-0.2, 0) is 17.8 Å². The molecular weight excluding hydrogens is 309 g/mol. The Morgan fingerprint density at radius 3 is 3.08 bits per heavy atom. The molecule has 0 fully saturated rings. The summed E-state index contributed by atoms with van der Waals surface area (Å²) in [6, 6.07) is 4.31. The van der Waals surface area contributed by atoms with Gasteiger partial charge in [-0.1, -0.05) is 0 Å². The molecule has 3 rings (SSSR count). The van der Waals surface area contributed by atoms with Crippen LogP contribution in [0.15, 0.2) is 24.5 Å². The van der Waals surface area contributed by atoms with Gasteiger partial charge in [0.2, 0.25) is 5.91 Å². The normalized spacial score (nSPS) is 13.2. The molecule has 6 nitrogen and oxygen atoms in total. The van der Waals surface area contributed by atoms with Crippen LogP contribution >= 0.6 is 0 Å². The van der Waals surface area contributed by atoms with Gasteiger partial charge >= 0.3 is 0 Å². The maximum Gasteiger partial charge on any atom is 0.226 e. The Balaban J connectivity index is 1.54. The van der Waals surface area contributed by atoms with Crippen molar-refractivity contribution in [3.05, 3.63) is 47.2 Å². The summed E-state index contributed by atoms with van der Waals surface area (Å²) in [5.41, 5.74) is 3.46. The van der Waals surface area contributed by atoms with Crippen LogP contribution in [0.3, 0.4) is 0 Å². The van der Waals surface area contributed by atoms with Crippen LogP contribution in [0.1, 0.15) is 23.2 Å². The molecule has 0 saturated carbocycles. The Bertz CT molecular complexity index is 750. The maximum absolute atomic E-state index is 13.1. The van der Waals surface area contributed by atoms with Crippen LogP contribution in [0.5, 0.6) is 0 Å². The Morgan fingerprint density at radius 2 is 2.25 bits per heavy atom. The van der Waals surface area contributed by atoms with Crippen molar-refractivity contribution < 1.29 is 9.18 Å². The number of halogens is 1. The number of rotatable bonds is 5. The number of hydrogen-bond donors (Lipinski definition) is 3. The van der Waals surface area contributed by atoms with Gasteiger partial charge in [-0.2, -0.15) is 0 Å². The average molecular weight is 329 g/mol. The lowest BCUT2D eigenvalue weighted by atomic mass is 10.1. The van der Waals surface area contributed by atoms with Gasteiger partial charge in [0.05, 0.1) is 5.69 Å². The Labute approximate surface area is 139 Å². The minimum atomic E-state index is -0.310. The molecule has 24 heavy (non-hydrogen) atoms. The van der Waals surface area contributed by atoms with E-state index in [1.165, 1.54) is 18.5 Å². The highest BCUT2D eigenvalue weighted by Gasteiger charge is 2.15. The van der Waals surface area contributed by atoms with Gasteiger partial charge in [0.15, 0.2) is 0 Å². The summed E-state index contributed by atoms with van der Waals surface area (Å²) in [7, 11) is 0. The highest BCUT2D eigenvalue weighted by molar-refractivity contribution is 5.91. The molecule has 1 aromatic heterocycles. The van der Waals surface area contributed by atoms with E-state index in [1.807, 2.05) is 0 Å². The van der Waals surface area contributed by atoms with Crippen LogP contribution < -0.4 is 16.0 Å². The van der Waals surface area contributed by atoms with Crippen molar-refractivity contribution >= 4 is 17.4 Å². The molecule has 2 aromatic rings. The van der Waals surface area contributed by atoms with E-state index >= 15 is 0 Å². The maximum atomic E-state index is 13.1. The number of amides is 1. The predicted molar refractivity (Wildman–Crippen MR) is 90.3 cm³/mol. The number of anilines is 2. The number of carbonyl (C=O) groups excluding carboxylic acids is 1. The van der Waals surface area contributed by atoms with Crippen LogP contribution in [0.4, 0.5) is 15.9 Å². The molecule has 1 aliphatic heterocycles. The number of carbonyl (C=O) groups is 1. The molecule has 0 saturated heterocycles. The molecule has 0 radical (unpaired) electrons. The summed E-state index contributed by atoms with van der Waals surface area (Å²) in [6.45, 7) is 3.89. The standard InChI is InChI=1S/C17H20FN5O/c1-11-8-12(18)2-3-14(11)23-16(24)5-7-20-17-13-4-6-19-9-15(13)21-10-22-17/h2-3,8,10,19H,4-7,9H2,1H3,(H,23,24)(H,20,21,22). The fourth-order valence-electron chi connectivity index (χ4n) is 2.71. The van der Waals surface area contributed by atoms with E-state index in [0.717, 1.165) is 36.6 Å². The molecule has 7 heteroatoms. The topological polar surface area (TPSA) is 78.9 Å². The molecule has 1 amide bonds. The van der Waals surface area contributed by atoms with Crippen molar-refractivity contribution in [2.24, 2.45) is 0 Å². The average Bonchev–Trinajstić information content (AvgIpc) is 2.58. The molecule has 2 heterocycles. The minimum absolute atomic E-state index is 0.123. The lowest BCUT2D eigenvalue weighted by molar-refractivity contribution is -0.115. The third-order valence-electron chi connectivity index (χ3n) is 3.99. The van der Waals surface area contributed by atoms with E-state index in [-0.39, 0.29) is 11.7 Å². The molecular formula is C17H20FN5O. The number of nitrogens with zero attached hydrogens (tertiary/aromatic N) is 2. The number of aromatic nitrogens is 2. The monoisotopic (exact) mass is 329 g/mol. The Hall–Kier alpha value is -2.54. The van der Waals surface area contributed by atoms with E-state index in [0.29, 0.717) is 24.2 Å². The van der Waals surface area contributed by atoms with Crippen molar-refractivity contribution in [1.29, 1.82) is 0 Å². The van der Waals surface area contributed by atoms with Gasteiger partial charge in [-0.05, 0) is 43.7 Å². The first-order valence-electron chi connectivity index (χ1n) is 7.97. The number of fused-ring (bicyclic) bond motifs is 1. The molecule has 1 aromatic carbocycles. The van der Waals surface area contributed by atoms with Crippen LogP contribution in [0, 0.1) is 12.7 Å². The Morgan fingerprint density at radius 1 is 1.38 bits per heavy atom. The third kappa shape index (κ3) is 3.86. The van der Waals surface area contributed by atoms with Gasteiger partial charge < -0.3 is 16.0 Å². The first-order valence-corrected chi connectivity index (χ1v) is 7.97. The second kappa shape index (κ2) is 7.35. The van der Waals surface area contributed by atoms with Crippen molar-refractivity contribution in [3.8, 4) is 0 Å². The molecule has 126 valence electrons. The van der Waals surface area contributed by atoms with E-state index in [9.17, 15) is 9.18 Å².